The molecule has 4 rings (SSSR count). The molecule has 1 N–H and O–H groups in total. The highest BCUT2D eigenvalue weighted by atomic mass is 127. The van der Waals surface area contributed by atoms with Crippen molar-refractivity contribution in [1.82, 2.24) is 5.32 Å². The number of carbonyl (C=O) groups excluding carboxylic acids is 2. The third-order valence-electron chi connectivity index (χ3n) is 5.73. The molecule has 0 saturated carbocycles. The minimum Gasteiger partial charge on any atom is -0.497 e. The molecule has 0 spiro atoms. The summed E-state index contributed by atoms with van der Waals surface area (Å²) in [6.07, 6.45) is -6.28. The number of halogens is 5. The van der Waals surface area contributed by atoms with Crippen molar-refractivity contribution in [2.24, 2.45) is 0 Å². The predicted molar refractivity (Wildman–Crippen MR) is 131 cm³/mol. The van der Waals surface area contributed by atoms with Crippen molar-refractivity contribution in [3.05, 3.63) is 92.8 Å². The first-order chi connectivity index (χ1) is 17.0. The molecule has 3 aromatic carbocycles. The van der Waals surface area contributed by atoms with Gasteiger partial charge in [0.2, 0.25) is 0 Å². The monoisotopic (exact) mass is 614 g/mol. The molecule has 0 radical (unpaired) electrons. The van der Waals surface area contributed by atoms with E-state index in [0.29, 0.717) is 14.9 Å². The number of cyclic esters (lactones) is 1. The van der Waals surface area contributed by atoms with Crippen LogP contribution in [0.3, 0.4) is 0 Å². The quantitative estimate of drug-likeness (QED) is 0.283. The molecule has 3 aromatic rings. The van der Waals surface area contributed by atoms with Crippen molar-refractivity contribution >= 4 is 40.3 Å². The van der Waals surface area contributed by atoms with Gasteiger partial charge in [0.05, 0.1) is 25.9 Å². The number of nitrogens with zero attached hydrogens (tertiary/aromatic N) is 1. The highest BCUT2D eigenvalue weighted by molar-refractivity contribution is 14.1. The number of amides is 2. The van der Waals surface area contributed by atoms with Crippen molar-refractivity contribution < 1.29 is 36.6 Å². The maximum atomic E-state index is 14.6. The Kier molecular flexibility index (Phi) is 7.12. The van der Waals surface area contributed by atoms with Gasteiger partial charge >= 0.3 is 12.3 Å². The summed E-state index contributed by atoms with van der Waals surface area (Å²) >= 11 is 1.87. The van der Waals surface area contributed by atoms with E-state index in [-0.39, 0.29) is 23.4 Å². The fraction of sp³-hybridized carbons (Fsp3) is 0.200. The summed E-state index contributed by atoms with van der Waals surface area (Å²) in [5.74, 6) is -0.884. The Morgan fingerprint density at radius 2 is 1.75 bits per heavy atom. The van der Waals surface area contributed by atoms with E-state index in [0.717, 1.165) is 29.2 Å². The number of benzene rings is 3. The summed E-state index contributed by atoms with van der Waals surface area (Å²) < 4.78 is 67.7. The zero-order valence-electron chi connectivity index (χ0n) is 18.7. The number of fused-ring (bicyclic) bond motifs is 1. The van der Waals surface area contributed by atoms with Gasteiger partial charge in [0.15, 0.2) is 0 Å². The normalized spacial score (nSPS) is 17.3. The lowest BCUT2D eigenvalue weighted by molar-refractivity contribution is -0.262. The van der Waals surface area contributed by atoms with Crippen LogP contribution in [-0.4, -0.2) is 31.8 Å². The number of hydrogen-bond acceptors (Lipinski definition) is 4. The SMILES string of the molecule is COc1ccc(CN2C(=O)OC(CNC(=O)c3ccc(F)cc3)(C(F)(F)F)c3cc(I)ccc32)cc1. The summed E-state index contributed by atoms with van der Waals surface area (Å²) in [5, 5.41) is 2.20. The summed E-state index contributed by atoms with van der Waals surface area (Å²) in [6, 6.07) is 15.3. The molecule has 0 saturated heterocycles. The highest BCUT2D eigenvalue weighted by Crippen LogP contribution is 2.49. The lowest BCUT2D eigenvalue weighted by Gasteiger charge is -2.43. The third kappa shape index (κ3) is 4.97. The largest absolute Gasteiger partial charge is 0.497 e. The van der Waals surface area contributed by atoms with Crippen LogP contribution < -0.4 is 15.0 Å². The molecule has 0 aliphatic carbocycles. The van der Waals surface area contributed by atoms with Crippen LogP contribution in [0.15, 0.2) is 66.7 Å². The number of rotatable bonds is 6. The molecule has 36 heavy (non-hydrogen) atoms. The van der Waals surface area contributed by atoms with E-state index in [1.54, 1.807) is 30.3 Å². The minimum atomic E-state index is -5.07. The van der Waals surface area contributed by atoms with Gasteiger partial charge in [0.1, 0.15) is 11.6 Å². The third-order valence-corrected chi connectivity index (χ3v) is 6.40. The molecule has 1 aliphatic heterocycles. The number of anilines is 1. The van der Waals surface area contributed by atoms with Gasteiger partial charge in [-0.25, -0.2) is 9.18 Å². The molecule has 6 nitrogen and oxygen atoms in total. The van der Waals surface area contributed by atoms with E-state index < -0.39 is 36.1 Å². The van der Waals surface area contributed by atoms with E-state index in [1.165, 1.54) is 19.2 Å². The summed E-state index contributed by atoms with van der Waals surface area (Å²) in [4.78, 5) is 26.6. The van der Waals surface area contributed by atoms with Crippen LogP contribution in [0.2, 0.25) is 0 Å². The summed E-state index contributed by atoms with van der Waals surface area (Å²) in [6.45, 7) is -1.12. The molecule has 1 aliphatic rings. The molecule has 1 heterocycles. The molecule has 1 unspecified atom stereocenters. The van der Waals surface area contributed by atoms with Crippen molar-refractivity contribution in [1.29, 1.82) is 0 Å². The van der Waals surface area contributed by atoms with Gasteiger partial charge in [-0.2, -0.15) is 13.2 Å². The van der Waals surface area contributed by atoms with Crippen LogP contribution >= 0.6 is 22.6 Å². The number of carbonyl (C=O) groups is 2. The second kappa shape index (κ2) is 9.96. The number of nitrogens with one attached hydrogen (secondary N) is 1. The first-order valence-corrected chi connectivity index (χ1v) is 11.7. The molecular weight excluding hydrogens is 595 g/mol. The topological polar surface area (TPSA) is 67.9 Å². The van der Waals surface area contributed by atoms with Crippen molar-refractivity contribution in [3.8, 4) is 5.75 Å². The van der Waals surface area contributed by atoms with Crippen LogP contribution in [0.5, 0.6) is 5.75 Å². The summed E-state index contributed by atoms with van der Waals surface area (Å²) in [7, 11) is 1.50. The number of alkyl halides is 3. The molecule has 2 amide bonds. The van der Waals surface area contributed by atoms with E-state index >= 15 is 0 Å². The number of ether oxygens (including phenoxy) is 2. The van der Waals surface area contributed by atoms with E-state index in [2.05, 4.69) is 5.32 Å². The van der Waals surface area contributed by atoms with Crippen LogP contribution in [-0.2, 0) is 16.9 Å². The van der Waals surface area contributed by atoms with Gasteiger partial charge < -0.3 is 14.8 Å². The Hall–Kier alpha value is -3.35. The van der Waals surface area contributed by atoms with Crippen molar-refractivity contribution in [2.45, 2.75) is 18.3 Å². The predicted octanol–water partition coefficient (Wildman–Crippen LogP) is 5.78. The summed E-state index contributed by atoms with van der Waals surface area (Å²) in [5.41, 5.74) is -2.83. The van der Waals surface area contributed by atoms with Gasteiger partial charge in [-0.3, -0.25) is 9.69 Å². The molecule has 0 fully saturated rings. The molecular formula is C25H19F4IN2O4. The van der Waals surface area contributed by atoms with Gasteiger partial charge in [0, 0.05) is 14.7 Å². The maximum Gasteiger partial charge on any atom is 0.434 e. The highest BCUT2D eigenvalue weighted by Gasteiger charge is 2.63. The fourth-order valence-electron chi connectivity index (χ4n) is 3.84. The second-order valence-corrected chi connectivity index (χ2v) is 9.22. The Morgan fingerprint density at radius 3 is 2.36 bits per heavy atom. The molecule has 1 atom stereocenters. The Balaban J connectivity index is 1.71. The maximum absolute atomic E-state index is 14.6. The molecule has 0 bridgehead atoms. The fourth-order valence-corrected chi connectivity index (χ4v) is 4.33. The van der Waals surface area contributed by atoms with Crippen LogP contribution in [0.1, 0.15) is 21.5 Å². The van der Waals surface area contributed by atoms with Crippen molar-refractivity contribution in [3.63, 3.8) is 0 Å². The molecule has 11 heteroatoms. The van der Waals surface area contributed by atoms with Crippen molar-refractivity contribution in [2.75, 3.05) is 18.6 Å². The molecule has 0 aromatic heterocycles. The Morgan fingerprint density at radius 1 is 1.08 bits per heavy atom. The van der Waals surface area contributed by atoms with Crippen LogP contribution in [0, 0.1) is 9.39 Å². The van der Waals surface area contributed by atoms with Gasteiger partial charge in [-0.1, -0.05) is 12.1 Å². The zero-order chi connectivity index (χ0) is 26.1. The lowest BCUT2D eigenvalue weighted by Crippen LogP contribution is -2.58. The van der Waals surface area contributed by atoms with Gasteiger partial charge in [-0.15, -0.1) is 0 Å². The average Bonchev–Trinajstić information content (AvgIpc) is 2.84. The van der Waals surface area contributed by atoms with Gasteiger partial charge in [0.25, 0.3) is 11.5 Å². The van der Waals surface area contributed by atoms with E-state index in [1.807, 2.05) is 22.6 Å². The van der Waals surface area contributed by atoms with E-state index in [4.69, 9.17) is 9.47 Å². The second-order valence-electron chi connectivity index (χ2n) is 7.98. The Labute approximate surface area is 217 Å². The lowest BCUT2D eigenvalue weighted by atomic mass is 9.89. The number of hydrogen-bond donors (Lipinski definition) is 1. The zero-order valence-corrected chi connectivity index (χ0v) is 20.9. The van der Waals surface area contributed by atoms with E-state index in [9.17, 15) is 27.2 Å². The average molecular weight is 614 g/mol. The van der Waals surface area contributed by atoms with Gasteiger partial charge in [-0.05, 0) is 82.8 Å². The first-order valence-electron chi connectivity index (χ1n) is 10.6. The Bertz CT molecular complexity index is 1280. The standard InChI is InChI=1S/C25H19F4IN2O4/c1-35-19-9-2-15(3-10-19)13-32-21-11-8-18(30)12-20(21)24(25(27,28)29,36-23(32)34)14-31-22(33)16-4-6-17(26)7-5-16/h2-12H,13-14H2,1H3,(H,31,33). The molecule has 188 valence electrons. The smallest absolute Gasteiger partial charge is 0.434 e. The number of methoxy groups -OCH3 is 1. The first kappa shape index (κ1) is 25.7. The van der Waals surface area contributed by atoms with Crippen LogP contribution in [0.4, 0.5) is 28.0 Å². The minimum absolute atomic E-state index is 0.0100. The van der Waals surface area contributed by atoms with Crippen LogP contribution in [0.25, 0.3) is 0 Å².